The number of rotatable bonds is 4. The number of hydrogen-bond donors (Lipinski definition) is 2. The number of nitrogens with one attached hydrogen (secondary N) is 1. The first-order valence-electron chi connectivity index (χ1n) is 5.80. The van der Waals surface area contributed by atoms with Crippen molar-refractivity contribution in [1.29, 1.82) is 0 Å². The van der Waals surface area contributed by atoms with Crippen LogP contribution in [0.15, 0.2) is 34.9 Å². The van der Waals surface area contributed by atoms with E-state index in [9.17, 15) is 9.90 Å². The Hall–Kier alpha value is -2.43. The second kappa shape index (κ2) is 5.48. The van der Waals surface area contributed by atoms with Crippen LogP contribution in [-0.2, 0) is 11.3 Å². The first kappa shape index (κ1) is 13.0. The molecule has 19 heavy (non-hydrogen) atoms. The van der Waals surface area contributed by atoms with Gasteiger partial charge in [-0.3, -0.25) is 0 Å². The summed E-state index contributed by atoms with van der Waals surface area (Å²) in [5.41, 5.74) is 2.36. The number of hydrogen-bond acceptors (Lipinski definition) is 5. The Kier molecular flexibility index (Phi) is 3.75. The maximum atomic E-state index is 11.4. The molecule has 0 amide bonds. The van der Waals surface area contributed by atoms with E-state index in [1.165, 1.54) is 13.4 Å². The minimum atomic E-state index is -0.497. The number of ether oxygens (including phenoxy) is 1. The lowest BCUT2D eigenvalue weighted by Gasteiger charge is -2.07. The van der Waals surface area contributed by atoms with E-state index in [1.54, 1.807) is 18.2 Å². The van der Waals surface area contributed by atoms with E-state index in [2.05, 4.69) is 10.1 Å². The molecule has 0 bridgehead atoms. The predicted molar refractivity (Wildman–Crippen MR) is 70.2 cm³/mol. The van der Waals surface area contributed by atoms with Crippen LogP contribution in [0.3, 0.4) is 0 Å². The van der Waals surface area contributed by atoms with E-state index < -0.39 is 5.97 Å². The fourth-order valence-electron chi connectivity index (χ4n) is 1.71. The van der Waals surface area contributed by atoms with Crippen LogP contribution in [-0.4, -0.2) is 18.2 Å². The predicted octanol–water partition coefficient (Wildman–Crippen LogP) is 2.69. The molecule has 0 saturated carbocycles. The van der Waals surface area contributed by atoms with Gasteiger partial charge in [0.1, 0.15) is 5.75 Å². The van der Waals surface area contributed by atoms with Crippen LogP contribution in [0.2, 0.25) is 0 Å². The quantitative estimate of drug-likeness (QED) is 0.654. The van der Waals surface area contributed by atoms with Crippen molar-refractivity contribution in [3.63, 3.8) is 0 Å². The molecule has 0 aliphatic heterocycles. The zero-order valence-electron chi connectivity index (χ0n) is 10.8. The largest absolute Gasteiger partial charge is 0.508 e. The van der Waals surface area contributed by atoms with Gasteiger partial charge in [-0.2, -0.15) is 0 Å². The molecule has 5 heteroatoms. The van der Waals surface area contributed by atoms with Gasteiger partial charge in [-0.15, -0.1) is 0 Å². The monoisotopic (exact) mass is 261 g/mol. The molecule has 2 N–H and O–H groups in total. The summed E-state index contributed by atoms with van der Waals surface area (Å²) in [4.78, 5) is 11.4. The Bertz CT molecular complexity index is 589. The molecule has 1 aromatic carbocycles. The lowest BCUT2D eigenvalue weighted by atomic mass is 10.2. The van der Waals surface area contributed by atoms with Crippen molar-refractivity contribution in [2.24, 2.45) is 0 Å². The second-order valence-electron chi connectivity index (χ2n) is 4.12. The van der Waals surface area contributed by atoms with Crippen molar-refractivity contribution in [2.45, 2.75) is 13.5 Å². The number of carbonyl (C=O) groups is 1. The summed E-state index contributed by atoms with van der Waals surface area (Å²) in [6.45, 7) is 2.25. The third kappa shape index (κ3) is 2.88. The van der Waals surface area contributed by atoms with E-state index in [4.69, 9.17) is 4.42 Å². The molecule has 0 aliphatic carbocycles. The average molecular weight is 261 g/mol. The number of aryl methyl sites for hydroxylation is 1. The maximum Gasteiger partial charge on any atom is 0.374 e. The molecular weight excluding hydrogens is 246 g/mol. The molecule has 1 aromatic heterocycles. The summed E-state index contributed by atoms with van der Waals surface area (Å²) in [6, 6.07) is 6.92. The number of methoxy groups -OCH3 is 1. The Morgan fingerprint density at radius 2 is 2.21 bits per heavy atom. The van der Waals surface area contributed by atoms with Crippen molar-refractivity contribution in [3.05, 3.63) is 47.4 Å². The van der Waals surface area contributed by atoms with Crippen LogP contribution in [0, 0.1) is 6.92 Å². The molecule has 2 rings (SSSR count). The third-order valence-corrected chi connectivity index (χ3v) is 2.80. The SMILES string of the molecule is COC(=O)c1occc1CNc1ccc(O)c(C)c1. The summed E-state index contributed by atoms with van der Waals surface area (Å²) in [5.74, 6) is -0.0432. The van der Waals surface area contributed by atoms with Crippen molar-refractivity contribution in [3.8, 4) is 5.75 Å². The summed E-state index contributed by atoms with van der Waals surface area (Å²) in [6.07, 6.45) is 1.45. The standard InChI is InChI=1S/C14H15NO4/c1-9-7-11(3-4-12(9)16)15-8-10-5-6-19-13(10)14(17)18-2/h3-7,15-16H,8H2,1-2H3. The fourth-order valence-corrected chi connectivity index (χ4v) is 1.71. The number of aromatic hydroxyl groups is 1. The number of furan rings is 1. The van der Waals surface area contributed by atoms with Crippen LogP contribution in [0.4, 0.5) is 5.69 Å². The third-order valence-electron chi connectivity index (χ3n) is 2.80. The Morgan fingerprint density at radius 3 is 2.89 bits per heavy atom. The highest BCUT2D eigenvalue weighted by Gasteiger charge is 2.15. The van der Waals surface area contributed by atoms with Crippen LogP contribution in [0.1, 0.15) is 21.7 Å². The molecular formula is C14H15NO4. The normalized spacial score (nSPS) is 10.2. The Balaban J connectivity index is 2.08. The summed E-state index contributed by atoms with van der Waals surface area (Å²) >= 11 is 0. The van der Waals surface area contributed by atoms with E-state index in [1.807, 2.05) is 13.0 Å². The summed E-state index contributed by atoms with van der Waals surface area (Å²) < 4.78 is 9.72. The van der Waals surface area contributed by atoms with E-state index >= 15 is 0 Å². The van der Waals surface area contributed by atoms with Crippen LogP contribution < -0.4 is 5.32 Å². The molecule has 0 atom stereocenters. The number of carbonyl (C=O) groups excluding carboxylic acids is 1. The molecule has 0 aliphatic rings. The number of esters is 1. The van der Waals surface area contributed by atoms with E-state index in [-0.39, 0.29) is 11.5 Å². The minimum Gasteiger partial charge on any atom is -0.508 e. The fraction of sp³-hybridized carbons (Fsp3) is 0.214. The number of anilines is 1. The number of benzene rings is 1. The molecule has 0 radical (unpaired) electrons. The van der Waals surface area contributed by atoms with Crippen molar-refractivity contribution in [2.75, 3.05) is 12.4 Å². The van der Waals surface area contributed by atoms with Gasteiger partial charge in [-0.05, 0) is 36.8 Å². The zero-order chi connectivity index (χ0) is 13.8. The van der Waals surface area contributed by atoms with Gasteiger partial charge in [-0.25, -0.2) is 4.79 Å². The lowest BCUT2D eigenvalue weighted by Crippen LogP contribution is -2.06. The van der Waals surface area contributed by atoms with Gasteiger partial charge in [0.05, 0.1) is 13.4 Å². The smallest absolute Gasteiger partial charge is 0.374 e. The molecule has 0 saturated heterocycles. The van der Waals surface area contributed by atoms with Crippen molar-refractivity contribution < 1.29 is 19.1 Å². The summed E-state index contributed by atoms with van der Waals surface area (Å²) in [7, 11) is 1.31. The van der Waals surface area contributed by atoms with Crippen LogP contribution in [0.25, 0.3) is 0 Å². The maximum absolute atomic E-state index is 11.4. The van der Waals surface area contributed by atoms with Gasteiger partial charge in [0, 0.05) is 17.8 Å². The molecule has 0 spiro atoms. The van der Waals surface area contributed by atoms with Crippen LogP contribution in [0.5, 0.6) is 5.75 Å². The first-order valence-corrected chi connectivity index (χ1v) is 5.80. The van der Waals surface area contributed by atoms with Gasteiger partial charge in [0.2, 0.25) is 5.76 Å². The van der Waals surface area contributed by atoms with Gasteiger partial charge >= 0.3 is 5.97 Å². The van der Waals surface area contributed by atoms with Gasteiger partial charge in [0.15, 0.2) is 0 Å². The zero-order valence-corrected chi connectivity index (χ0v) is 10.8. The van der Waals surface area contributed by atoms with Crippen molar-refractivity contribution >= 4 is 11.7 Å². The number of phenolic OH excluding ortho intramolecular Hbond substituents is 1. The molecule has 5 nitrogen and oxygen atoms in total. The van der Waals surface area contributed by atoms with E-state index in [0.717, 1.165) is 16.8 Å². The molecule has 0 unspecified atom stereocenters. The Morgan fingerprint density at radius 1 is 1.42 bits per heavy atom. The average Bonchev–Trinajstić information content (AvgIpc) is 2.87. The highest BCUT2D eigenvalue weighted by Crippen LogP contribution is 2.21. The van der Waals surface area contributed by atoms with Crippen molar-refractivity contribution in [1.82, 2.24) is 0 Å². The van der Waals surface area contributed by atoms with Gasteiger partial charge < -0.3 is 19.6 Å². The first-order chi connectivity index (χ1) is 9.11. The molecule has 100 valence electrons. The van der Waals surface area contributed by atoms with Gasteiger partial charge in [0.25, 0.3) is 0 Å². The number of phenols is 1. The van der Waals surface area contributed by atoms with Gasteiger partial charge in [-0.1, -0.05) is 0 Å². The molecule has 0 fully saturated rings. The highest BCUT2D eigenvalue weighted by molar-refractivity contribution is 5.87. The highest BCUT2D eigenvalue weighted by atomic mass is 16.5. The molecule has 2 aromatic rings. The summed E-state index contributed by atoms with van der Waals surface area (Å²) in [5, 5.41) is 12.6. The Labute approximate surface area is 110 Å². The van der Waals surface area contributed by atoms with E-state index in [0.29, 0.717) is 6.54 Å². The molecule has 1 heterocycles. The topological polar surface area (TPSA) is 71.7 Å². The second-order valence-corrected chi connectivity index (χ2v) is 4.12. The minimum absolute atomic E-state index is 0.200. The lowest BCUT2D eigenvalue weighted by molar-refractivity contribution is 0.0563. The van der Waals surface area contributed by atoms with Crippen LogP contribution >= 0.6 is 0 Å².